The first-order valence-electron chi connectivity index (χ1n) is 10.9. The first-order valence-corrected chi connectivity index (χ1v) is 11.2. The number of amidine groups is 1. The van der Waals surface area contributed by atoms with Gasteiger partial charge in [-0.05, 0) is 38.3 Å². The summed E-state index contributed by atoms with van der Waals surface area (Å²) in [6.45, 7) is 8.39. The molecular weight excluding hydrogens is 420 g/mol. The molecule has 0 aromatic carbocycles. The predicted molar refractivity (Wildman–Crippen MR) is 124 cm³/mol. The number of hydrogen-bond acceptors (Lipinski definition) is 6. The summed E-state index contributed by atoms with van der Waals surface area (Å²) in [5, 5.41) is 5.59. The molecular formula is C22H37ClN4O4. The lowest BCUT2D eigenvalue weighted by Crippen LogP contribution is -2.37. The van der Waals surface area contributed by atoms with Crippen molar-refractivity contribution in [2.45, 2.75) is 64.9 Å². The summed E-state index contributed by atoms with van der Waals surface area (Å²) in [6.07, 6.45) is 8.04. The lowest BCUT2D eigenvalue weighted by atomic mass is 9.84. The number of halogens is 1. The maximum atomic E-state index is 12.1. The molecule has 0 unspecified atom stereocenters. The van der Waals surface area contributed by atoms with Gasteiger partial charge in [0.2, 0.25) is 17.7 Å². The third-order valence-electron chi connectivity index (χ3n) is 5.33. The fraction of sp³-hybridized carbons (Fsp3) is 0.727. The van der Waals surface area contributed by atoms with Crippen LogP contribution in [0.3, 0.4) is 0 Å². The molecule has 0 bridgehead atoms. The van der Waals surface area contributed by atoms with Gasteiger partial charge in [-0.2, -0.15) is 0 Å². The van der Waals surface area contributed by atoms with Crippen LogP contribution in [0, 0.1) is 11.8 Å². The second kappa shape index (κ2) is 15.0. The molecule has 9 heteroatoms. The van der Waals surface area contributed by atoms with Gasteiger partial charge in [-0.3, -0.25) is 14.6 Å². The summed E-state index contributed by atoms with van der Waals surface area (Å²) < 4.78 is 10.4. The van der Waals surface area contributed by atoms with Gasteiger partial charge in [-0.1, -0.05) is 37.8 Å². The quantitative estimate of drug-likeness (QED) is 0.253. The van der Waals surface area contributed by atoms with Gasteiger partial charge in [0.05, 0.1) is 19.8 Å². The molecule has 31 heavy (non-hydrogen) atoms. The minimum Gasteiger partial charge on any atom is -0.480 e. The minimum atomic E-state index is -0.0436. The van der Waals surface area contributed by atoms with Crippen molar-refractivity contribution in [3.05, 3.63) is 10.9 Å². The topological polar surface area (TPSA) is 101 Å². The average Bonchev–Trinajstić information content (AvgIpc) is 2.75. The van der Waals surface area contributed by atoms with E-state index < -0.39 is 0 Å². The highest BCUT2D eigenvalue weighted by Crippen LogP contribution is 2.28. The summed E-state index contributed by atoms with van der Waals surface area (Å²) in [5.74, 6) is 1.25. The average molecular weight is 457 g/mol. The van der Waals surface area contributed by atoms with Crippen LogP contribution >= 0.6 is 11.6 Å². The molecule has 0 aromatic heterocycles. The van der Waals surface area contributed by atoms with Gasteiger partial charge >= 0.3 is 0 Å². The Morgan fingerprint density at radius 3 is 2.32 bits per heavy atom. The lowest BCUT2D eigenvalue weighted by molar-refractivity contribution is -0.124. The van der Waals surface area contributed by atoms with E-state index in [4.69, 9.17) is 21.1 Å². The van der Waals surface area contributed by atoms with Crippen LogP contribution in [-0.4, -0.2) is 57.8 Å². The fourth-order valence-corrected chi connectivity index (χ4v) is 3.80. The van der Waals surface area contributed by atoms with E-state index >= 15 is 0 Å². The van der Waals surface area contributed by atoms with Gasteiger partial charge in [0, 0.05) is 26.4 Å². The third-order valence-corrected chi connectivity index (χ3v) is 5.67. The smallest absolute Gasteiger partial charge is 0.235 e. The van der Waals surface area contributed by atoms with Crippen LogP contribution in [0.5, 0.6) is 0 Å². The molecule has 0 heterocycles. The lowest BCUT2D eigenvalue weighted by Gasteiger charge is -2.32. The number of aliphatic imine (C=N–C) groups is 2. The highest BCUT2D eigenvalue weighted by Gasteiger charge is 2.25. The molecule has 0 aliphatic heterocycles. The van der Waals surface area contributed by atoms with Crippen LogP contribution in [0.25, 0.3) is 0 Å². The van der Waals surface area contributed by atoms with Gasteiger partial charge in [0.25, 0.3) is 0 Å². The molecule has 2 amide bonds. The molecule has 0 saturated heterocycles. The Morgan fingerprint density at radius 1 is 1.19 bits per heavy atom. The van der Waals surface area contributed by atoms with Crippen molar-refractivity contribution in [2.24, 2.45) is 21.8 Å². The van der Waals surface area contributed by atoms with Crippen LogP contribution in [0.1, 0.15) is 58.8 Å². The third kappa shape index (κ3) is 10.3. The number of ether oxygens (including phenoxy) is 2. The Kier molecular flexibility index (Phi) is 13.1. The zero-order valence-electron chi connectivity index (χ0n) is 19.2. The Morgan fingerprint density at radius 2 is 1.84 bits per heavy atom. The summed E-state index contributed by atoms with van der Waals surface area (Å²) in [4.78, 5) is 30.2. The maximum Gasteiger partial charge on any atom is 0.235 e. The number of rotatable bonds is 8. The van der Waals surface area contributed by atoms with Crippen molar-refractivity contribution < 1.29 is 19.1 Å². The summed E-state index contributed by atoms with van der Waals surface area (Å²) in [6, 6.07) is 0. The molecule has 2 fully saturated rings. The molecule has 0 spiro atoms. The van der Waals surface area contributed by atoms with Gasteiger partial charge in [0.15, 0.2) is 5.84 Å². The first-order chi connectivity index (χ1) is 14.8. The Labute approximate surface area is 190 Å². The van der Waals surface area contributed by atoms with Gasteiger partial charge < -0.3 is 20.1 Å². The second-order valence-corrected chi connectivity index (χ2v) is 8.31. The van der Waals surface area contributed by atoms with Crippen LogP contribution in [0.15, 0.2) is 20.9 Å². The molecule has 8 nitrogen and oxygen atoms in total. The number of amides is 2. The van der Waals surface area contributed by atoms with E-state index in [9.17, 15) is 9.59 Å². The number of hydrogen-bond donors (Lipinski definition) is 2. The highest BCUT2D eigenvalue weighted by atomic mass is 35.5. The summed E-state index contributed by atoms with van der Waals surface area (Å²) in [5.41, 5.74) is 0. The van der Waals surface area contributed by atoms with Crippen molar-refractivity contribution in [1.82, 2.24) is 10.6 Å². The molecule has 2 N–H and O–H groups in total. The van der Waals surface area contributed by atoms with E-state index in [1.807, 2.05) is 0 Å². The SMILES string of the molecule is C=N/C(OC)=C(/Cl)C(=NC)NC(=O)C1CCCCC1.CC(=O)NCCOC1CC(C)C1. The van der Waals surface area contributed by atoms with Crippen molar-refractivity contribution in [3.63, 3.8) is 0 Å². The number of nitrogens with one attached hydrogen (secondary N) is 2. The van der Waals surface area contributed by atoms with E-state index in [-0.39, 0.29) is 34.5 Å². The van der Waals surface area contributed by atoms with Crippen molar-refractivity contribution in [1.29, 1.82) is 0 Å². The van der Waals surface area contributed by atoms with Crippen molar-refractivity contribution in [2.75, 3.05) is 27.3 Å². The fourth-order valence-electron chi connectivity index (χ4n) is 3.53. The Hall–Kier alpha value is -1.93. The van der Waals surface area contributed by atoms with Crippen LogP contribution in [0.4, 0.5) is 0 Å². The van der Waals surface area contributed by atoms with E-state index in [0.29, 0.717) is 19.3 Å². The highest BCUT2D eigenvalue weighted by molar-refractivity contribution is 6.44. The normalized spacial score (nSPS) is 22.2. The van der Waals surface area contributed by atoms with Gasteiger partial charge in [-0.15, -0.1) is 0 Å². The monoisotopic (exact) mass is 456 g/mol. The predicted octanol–water partition coefficient (Wildman–Crippen LogP) is 3.40. The Balaban J connectivity index is 0.000000343. The second-order valence-electron chi connectivity index (χ2n) is 7.93. The molecule has 0 aromatic rings. The number of carbonyl (C=O) groups is 2. The van der Waals surface area contributed by atoms with E-state index in [1.165, 1.54) is 33.3 Å². The largest absolute Gasteiger partial charge is 0.480 e. The molecule has 176 valence electrons. The molecule has 2 aliphatic carbocycles. The van der Waals surface area contributed by atoms with Gasteiger partial charge in [0.1, 0.15) is 5.03 Å². The van der Waals surface area contributed by atoms with Crippen LogP contribution in [0.2, 0.25) is 0 Å². The molecule has 0 radical (unpaired) electrons. The zero-order valence-corrected chi connectivity index (χ0v) is 20.0. The summed E-state index contributed by atoms with van der Waals surface area (Å²) in [7, 11) is 2.98. The van der Waals surface area contributed by atoms with E-state index in [1.54, 1.807) is 7.05 Å². The van der Waals surface area contributed by atoms with Crippen LogP contribution in [-0.2, 0) is 19.1 Å². The van der Waals surface area contributed by atoms with Gasteiger partial charge in [-0.25, -0.2) is 4.99 Å². The molecule has 2 rings (SSSR count). The number of carbonyl (C=O) groups excluding carboxylic acids is 2. The molecule has 0 atom stereocenters. The maximum absolute atomic E-state index is 12.1. The number of nitrogens with zero attached hydrogens (tertiary/aromatic N) is 2. The summed E-state index contributed by atoms with van der Waals surface area (Å²) >= 11 is 6.07. The van der Waals surface area contributed by atoms with Crippen molar-refractivity contribution in [3.8, 4) is 0 Å². The van der Waals surface area contributed by atoms with Crippen molar-refractivity contribution >= 4 is 36.0 Å². The standard InChI is InChI=1S/C13H20ClN3O2.C9H17NO2/c1-15-11(10(14)13(16-2)19-3)17-12(18)9-7-5-4-6-8-9;1-7-5-9(6-7)12-4-3-10-8(2)11/h9H,2,4-8H2,1,3H3,(H,15,17,18);7,9H,3-6H2,1-2H3,(H,10,11)/b13-10-;. The zero-order chi connectivity index (χ0) is 23.2. The van der Waals surface area contributed by atoms with E-state index in [2.05, 4.69) is 34.3 Å². The molecule has 2 saturated carbocycles. The van der Waals surface area contributed by atoms with Crippen LogP contribution < -0.4 is 10.6 Å². The molecule has 2 aliphatic rings. The number of methoxy groups -OCH3 is 1. The first kappa shape index (κ1) is 27.1. The van der Waals surface area contributed by atoms with E-state index in [0.717, 1.165) is 31.6 Å². The Bertz CT molecular complexity index is 654. The minimum absolute atomic E-state index is 0.0144.